The lowest BCUT2D eigenvalue weighted by molar-refractivity contribution is -0.378. The second-order valence-corrected chi connectivity index (χ2v) is 26.8. The number of hydrogen-bond acceptors (Lipinski definition) is 20. The number of likely N-dealkylation sites (N-methyl/N-ethyl adjacent to an activating group) is 1. The van der Waals surface area contributed by atoms with Gasteiger partial charge in [0, 0.05) is 65.3 Å². The SMILES string of the molecule is CNC[C@H]1C[C@H]2C[C@]34C[C@@H](CNC)OC[C@@H]3CC[C@@H]3[C@H]2[C@](O)(C1)c1c(ccc(Cc2c(O)c5c6c(c2O[C@H]2O[C@@H](C)[C@@H](O)C(O)(O)[C@H]2OCCN=C(N)N)CC#C[C@H](N)CC[C@@H](O)Cc2cccc(c2)/C=C/c2c(OC(C)=O)cc(CO)c(c2C6=O)C5=O)c1C=O)[C@@H]34. The molecule has 8 aliphatic rings. The number of carbonyl (C=O) groups is 4. The molecule has 490 valence electrons. The smallest absolute Gasteiger partial charge is 0.308 e. The van der Waals surface area contributed by atoms with Crippen molar-refractivity contribution < 1.29 is 78.6 Å². The average Bonchev–Trinajstić information content (AvgIpc) is 0.673. The lowest BCUT2D eigenvalue weighted by atomic mass is 9.36. The Morgan fingerprint density at radius 3 is 2.46 bits per heavy atom. The third-order valence-corrected chi connectivity index (χ3v) is 21.2. The quantitative estimate of drug-likeness (QED) is 0.0105. The first-order valence-corrected chi connectivity index (χ1v) is 32.1. The van der Waals surface area contributed by atoms with Crippen LogP contribution in [0.1, 0.15) is 163 Å². The van der Waals surface area contributed by atoms with Crippen molar-refractivity contribution in [1.82, 2.24) is 10.6 Å². The van der Waals surface area contributed by atoms with E-state index in [9.17, 15) is 45.3 Å². The molecule has 0 aromatic heterocycles. The van der Waals surface area contributed by atoms with E-state index in [-0.39, 0.29) is 129 Å². The molecule has 4 aromatic carbocycles. The number of aliphatic imine (C=N–C) groups is 1. The second kappa shape index (κ2) is 25.7. The number of aldehydes is 1. The van der Waals surface area contributed by atoms with Gasteiger partial charge in [-0.25, -0.2) is 0 Å². The number of aromatic hydroxyl groups is 1. The van der Waals surface area contributed by atoms with Gasteiger partial charge in [0.25, 0.3) is 0 Å². The molecule has 0 amide bonds. The summed E-state index contributed by atoms with van der Waals surface area (Å²) >= 11 is 0. The van der Waals surface area contributed by atoms with Crippen LogP contribution < -0.4 is 37.3 Å². The molecule has 15 N–H and O–H groups in total. The molecule has 0 radical (unpaired) electrons. The van der Waals surface area contributed by atoms with Crippen molar-refractivity contribution in [2.45, 2.75) is 151 Å². The van der Waals surface area contributed by atoms with Gasteiger partial charge in [0.15, 0.2) is 29.9 Å². The highest BCUT2D eigenvalue weighted by Crippen LogP contribution is 2.74. The largest absolute Gasteiger partial charge is 0.507 e. The number of ether oxygens (including phenoxy) is 5. The fraction of sp³-hybridized carbons (Fsp3) is 0.529. The summed E-state index contributed by atoms with van der Waals surface area (Å²) in [6.07, 6.45) is 0.202. The van der Waals surface area contributed by atoms with Gasteiger partial charge >= 0.3 is 5.97 Å². The number of aliphatic hydroxyl groups excluding tert-OH is 3. The molecular formula is C70H84N6O16. The first-order valence-electron chi connectivity index (χ1n) is 32.1. The standard InChI is InChI=1S/C70H84N6O16/c1-34-64(84)70(86,87)65(88-20-19-76-67(72)73)66(90-34)92-63-47-10-6-9-43(71)14-15-44(80)23-37-8-5-7-36(21-37)11-16-46-52(91-35(2)79)25-41(31-77)53-54(46)62(83)55(47)56(61(53)82)60(81)50(63)24-39-12-17-49-58-48-18-13-42-33-89-45(30-75-4)28-68(42,58)27-40-22-38(29-74-3)26-69(85,57(40)48)59(49)51(39)32-78/h5,7-8,11-12,16-17,21,25,32,34,38,40,42-45,48,57-58,64-66,74-75,77,80-81,84-87H,10,13-15,18-20,22-24,26-31,33,71H2,1-4H3,(H4,72,73,76)/b16-11+/t34-,38-,40-,42-,43-,44+,45-,48+,57-,58+,64+,65-,66+,68-,69+/m0/s1. The molecule has 22 nitrogen and oxygen atoms in total. The number of phenolic OH excluding ortho intramolecular Hbond substituents is 1. The molecule has 5 fully saturated rings. The molecule has 22 heteroatoms. The van der Waals surface area contributed by atoms with E-state index in [2.05, 4.69) is 27.5 Å². The predicted octanol–water partition coefficient (Wildman–Crippen LogP) is 3.12. The van der Waals surface area contributed by atoms with Gasteiger partial charge in [-0.05, 0) is 172 Å². The monoisotopic (exact) mass is 1260 g/mol. The molecule has 4 aromatic rings. The number of nitrogens with two attached hydrogens (primary N) is 3. The van der Waals surface area contributed by atoms with E-state index in [0.717, 1.165) is 56.4 Å². The maximum absolute atomic E-state index is 16.3. The van der Waals surface area contributed by atoms with Crippen LogP contribution in [0.5, 0.6) is 17.2 Å². The Kier molecular flexibility index (Phi) is 18.2. The Hall–Kier alpha value is -6.95. The zero-order valence-corrected chi connectivity index (χ0v) is 52.3. The van der Waals surface area contributed by atoms with Gasteiger partial charge in [0.05, 0.1) is 61.9 Å². The predicted molar refractivity (Wildman–Crippen MR) is 337 cm³/mol. The van der Waals surface area contributed by atoms with Crippen molar-refractivity contribution in [2.24, 2.45) is 57.2 Å². The maximum atomic E-state index is 16.3. The third-order valence-electron chi connectivity index (χ3n) is 21.2. The minimum absolute atomic E-state index is 0.0301. The molecule has 1 spiro atoms. The first-order chi connectivity index (χ1) is 44.1. The number of ketones is 2. The van der Waals surface area contributed by atoms with E-state index < -0.39 is 109 Å². The minimum Gasteiger partial charge on any atom is -0.507 e. The summed E-state index contributed by atoms with van der Waals surface area (Å²) in [5, 5.41) is 91.8. The van der Waals surface area contributed by atoms with Crippen molar-refractivity contribution in [1.29, 1.82) is 0 Å². The summed E-state index contributed by atoms with van der Waals surface area (Å²) in [6, 6.07) is 11.5. The van der Waals surface area contributed by atoms with E-state index in [1.807, 2.05) is 32.3 Å². The van der Waals surface area contributed by atoms with Gasteiger partial charge in [-0.15, -0.1) is 0 Å². The molecule has 12 rings (SSSR count). The van der Waals surface area contributed by atoms with Crippen LogP contribution in [-0.2, 0) is 50.5 Å². The summed E-state index contributed by atoms with van der Waals surface area (Å²) in [5.41, 5.74) is 17.4. The number of carbonyl (C=O) groups excluding carboxylic acids is 4. The van der Waals surface area contributed by atoms with Gasteiger partial charge in [-0.2, -0.15) is 0 Å². The van der Waals surface area contributed by atoms with Crippen molar-refractivity contribution in [3.63, 3.8) is 0 Å². The Balaban J connectivity index is 1.12. The number of fused-ring (bicyclic) bond motifs is 4. The first kappa shape index (κ1) is 65.1. The summed E-state index contributed by atoms with van der Waals surface area (Å²) in [4.78, 5) is 63.8. The fourth-order valence-electron chi connectivity index (χ4n) is 17.8. The highest BCUT2D eigenvalue weighted by Gasteiger charge is 2.69. The number of nitrogens with one attached hydrogen (secondary N) is 2. The van der Waals surface area contributed by atoms with Crippen LogP contribution >= 0.6 is 0 Å². The normalized spacial score (nSPS) is 31.9. The molecule has 15 atom stereocenters. The van der Waals surface area contributed by atoms with E-state index >= 15 is 9.59 Å². The van der Waals surface area contributed by atoms with E-state index in [0.29, 0.717) is 42.8 Å². The number of hydrogen-bond donors (Lipinski definition) is 12. The van der Waals surface area contributed by atoms with Crippen LogP contribution in [0.25, 0.3) is 12.2 Å². The van der Waals surface area contributed by atoms with Crippen LogP contribution in [0.2, 0.25) is 0 Å². The van der Waals surface area contributed by atoms with E-state index in [1.165, 1.54) is 19.1 Å². The number of rotatable bonds is 15. The number of phenols is 1. The highest BCUT2D eigenvalue weighted by molar-refractivity contribution is 6.32. The molecule has 92 heavy (non-hydrogen) atoms. The zero-order chi connectivity index (χ0) is 65.3. The topological polar surface area (TPSA) is 371 Å². The Morgan fingerprint density at radius 2 is 1.72 bits per heavy atom. The van der Waals surface area contributed by atoms with Crippen LogP contribution in [0, 0.1) is 46.8 Å². The number of aliphatic hydroxyl groups is 6. The molecule has 8 bridgehead atoms. The summed E-state index contributed by atoms with van der Waals surface area (Å²) in [7, 11) is 3.81. The lowest BCUT2D eigenvalue weighted by Gasteiger charge is -2.70. The maximum Gasteiger partial charge on any atom is 0.308 e. The number of nitrogens with zero attached hydrogens (tertiary/aromatic N) is 1. The third kappa shape index (κ3) is 11.3. The molecular weight excluding hydrogens is 1180 g/mol. The number of benzene rings is 4. The molecule has 2 aliphatic heterocycles. The summed E-state index contributed by atoms with van der Waals surface area (Å²) in [5.74, 6) is -1.05. The highest BCUT2D eigenvalue weighted by atomic mass is 16.7. The average molecular weight is 1270 g/mol. The Labute approximate surface area is 533 Å². The zero-order valence-electron chi connectivity index (χ0n) is 52.3. The summed E-state index contributed by atoms with van der Waals surface area (Å²) < 4.78 is 31.6. The second-order valence-electron chi connectivity index (χ2n) is 26.8. The molecule has 2 saturated heterocycles. The number of guanidine groups is 1. The van der Waals surface area contributed by atoms with Gasteiger partial charge in [0.1, 0.15) is 23.4 Å². The Bertz CT molecular complexity index is 3720. The lowest BCUT2D eigenvalue weighted by Crippen LogP contribution is -2.67. The van der Waals surface area contributed by atoms with Crippen molar-refractivity contribution in [2.75, 3.05) is 46.9 Å². The van der Waals surface area contributed by atoms with Crippen LogP contribution in [0.4, 0.5) is 0 Å². The molecule has 2 heterocycles. The van der Waals surface area contributed by atoms with E-state index in [1.54, 1.807) is 24.3 Å². The summed E-state index contributed by atoms with van der Waals surface area (Å²) in [6.45, 7) is 2.95. The van der Waals surface area contributed by atoms with Crippen LogP contribution in [-0.4, -0.2) is 161 Å². The van der Waals surface area contributed by atoms with Gasteiger partial charge < -0.3 is 87.3 Å². The van der Waals surface area contributed by atoms with Gasteiger partial charge in [0.2, 0.25) is 12.1 Å². The Morgan fingerprint density at radius 1 is 0.935 bits per heavy atom. The van der Waals surface area contributed by atoms with E-state index in [4.69, 9.17) is 40.9 Å². The van der Waals surface area contributed by atoms with Crippen LogP contribution in [0.3, 0.4) is 0 Å². The molecule has 6 aliphatic carbocycles. The van der Waals surface area contributed by atoms with Gasteiger partial charge in [-0.3, -0.25) is 24.2 Å². The van der Waals surface area contributed by atoms with Crippen molar-refractivity contribution in [3.8, 4) is 29.1 Å². The minimum atomic E-state index is -3.13. The van der Waals surface area contributed by atoms with Crippen LogP contribution in [0.15, 0.2) is 47.5 Å². The van der Waals surface area contributed by atoms with Gasteiger partial charge in [-0.1, -0.05) is 54.3 Å². The molecule has 0 unspecified atom stereocenters. The fourth-order valence-corrected chi connectivity index (χ4v) is 17.8. The number of esters is 1. The molecule has 3 saturated carbocycles. The van der Waals surface area contributed by atoms with Crippen molar-refractivity contribution >= 4 is 41.9 Å². The van der Waals surface area contributed by atoms with Crippen molar-refractivity contribution in [3.05, 3.63) is 120 Å².